The number of ether oxygens (including phenoxy) is 2. The van der Waals surface area contributed by atoms with E-state index in [9.17, 15) is 9.90 Å². The fraction of sp³-hybridized carbons (Fsp3) is 0.533. The van der Waals surface area contributed by atoms with Gasteiger partial charge in [0.15, 0.2) is 12.1 Å². The van der Waals surface area contributed by atoms with Crippen LogP contribution in [-0.4, -0.2) is 36.6 Å². The minimum Gasteiger partial charge on any atom is -0.481 e. The van der Waals surface area contributed by atoms with Crippen LogP contribution in [0, 0.1) is 6.92 Å². The highest BCUT2D eigenvalue weighted by Crippen LogP contribution is 2.34. The molecule has 2 aliphatic rings. The Morgan fingerprint density at radius 3 is 3.00 bits per heavy atom. The molecule has 2 unspecified atom stereocenters. The summed E-state index contributed by atoms with van der Waals surface area (Å²) in [4.78, 5) is 10.9. The molecule has 22 heavy (non-hydrogen) atoms. The van der Waals surface area contributed by atoms with Gasteiger partial charge in [-0.2, -0.15) is 0 Å². The number of carboxylic acid groups (broad SMARTS) is 1. The van der Waals surface area contributed by atoms with E-state index in [2.05, 4.69) is 0 Å². The van der Waals surface area contributed by atoms with E-state index in [-0.39, 0.29) is 6.29 Å². The number of rotatable bonds is 4. The first-order chi connectivity index (χ1) is 10.5. The Morgan fingerprint density at radius 2 is 2.32 bits per heavy atom. The normalized spacial score (nSPS) is 27.1. The summed E-state index contributed by atoms with van der Waals surface area (Å²) in [5, 5.41) is 19.3. The molecule has 0 aliphatic carbocycles. The highest BCUT2D eigenvalue weighted by molar-refractivity contribution is 6.49. The molecule has 3 rings (SSSR count). The molecule has 0 amide bonds. The maximum Gasteiger partial charge on any atom is 0.334 e. The molecule has 0 bridgehead atoms. The van der Waals surface area contributed by atoms with Crippen LogP contribution in [0.4, 0.5) is 0 Å². The molecule has 2 atom stereocenters. The number of hydrogen-bond donors (Lipinski definition) is 2. The highest BCUT2D eigenvalue weighted by Gasteiger charge is 2.42. The molecule has 1 radical (unpaired) electrons. The van der Waals surface area contributed by atoms with Crippen molar-refractivity contribution >= 4 is 18.9 Å². The summed E-state index contributed by atoms with van der Waals surface area (Å²) in [7, 11) is 1.37. The van der Waals surface area contributed by atoms with Crippen molar-refractivity contribution in [3.8, 4) is 5.75 Å². The lowest BCUT2D eigenvalue weighted by molar-refractivity contribution is -0.170. The Labute approximate surface area is 129 Å². The number of benzene rings is 1. The second-order valence-corrected chi connectivity index (χ2v) is 5.71. The Hall–Kier alpha value is -1.57. The SMILES string of the molecule is Cc1cc(OC2CCCCO2)cc2c1C(O)(CC(=O)O)O[B]2. The topological polar surface area (TPSA) is 85.2 Å². The fourth-order valence-electron chi connectivity index (χ4n) is 2.99. The van der Waals surface area contributed by atoms with Crippen molar-refractivity contribution in [1.29, 1.82) is 0 Å². The van der Waals surface area contributed by atoms with Gasteiger partial charge in [-0.25, -0.2) is 0 Å². The molecular weight excluding hydrogens is 287 g/mol. The number of carboxylic acids is 1. The summed E-state index contributed by atoms with van der Waals surface area (Å²) in [5.41, 5.74) is 1.84. The number of fused-ring (bicyclic) bond motifs is 1. The molecule has 1 saturated heterocycles. The zero-order valence-electron chi connectivity index (χ0n) is 12.4. The number of carbonyl (C=O) groups is 1. The van der Waals surface area contributed by atoms with Crippen molar-refractivity contribution in [1.82, 2.24) is 0 Å². The number of aliphatic carboxylic acids is 1. The molecule has 7 heteroatoms. The largest absolute Gasteiger partial charge is 0.481 e. The monoisotopic (exact) mass is 305 g/mol. The van der Waals surface area contributed by atoms with Gasteiger partial charge >= 0.3 is 13.5 Å². The van der Waals surface area contributed by atoms with Crippen LogP contribution >= 0.6 is 0 Å². The van der Waals surface area contributed by atoms with Gasteiger partial charge in [0.05, 0.1) is 6.61 Å². The van der Waals surface area contributed by atoms with Crippen molar-refractivity contribution in [3.63, 3.8) is 0 Å². The lowest BCUT2D eigenvalue weighted by atomic mass is 9.83. The van der Waals surface area contributed by atoms with E-state index in [1.54, 1.807) is 19.1 Å². The lowest BCUT2D eigenvalue weighted by Crippen LogP contribution is -2.30. The quantitative estimate of drug-likeness (QED) is 0.800. The summed E-state index contributed by atoms with van der Waals surface area (Å²) in [5.74, 6) is -2.31. The van der Waals surface area contributed by atoms with Gasteiger partial charge in [0.2, 0.25) is 0 Å². The average molecular weight is 305 g/mol. The van der Waals surface area contributed by atoms with Crippen LogP contribution in [0.25, 0.3) is 0 Å². The van der Waals surface area contributed by atoms with Gasteiger partial charge in [0.1, 0.15) is 12.2 Å². The van der Waals surface area contributed by atoms with Crippen LogP contribution in [-0.2, 0) is 20.0 Å². The van der Waals surface area contributed by atoms with Gasteiger partial charge in [-0.15, -0.1) is 0 Å². The van der Waals surface area contributed by atoms with Crippen LogP contribution in [0.5, 0.6) is 5.75 Å². The summed E-state index contributed by atoms with van der Waals surface area (Å²) in [6.45, 7) is 2.49. The summed E-state index contributed by atoms with van der Waals surface area (Å²) in [6.07, 6.45) is 2.20. The third kappa shape index (κ3) is 2.97. The Balaban J connectivity index is 1.83. The summed E-state index contributed by atoms with van der Waals surface area (Å²) >= 11 is 0. The van der Waals surface area contributed by atoms with Gasteiger partial charge in [-0.05, 0) is 42.9 Å². The Morgan fingerprint density at radius 1 is 1.50 bits per heavy atom. The smallest absolute Gasteiger partial charge is 0.334 e. The van der Waals surface area contributed by atoms with Gasteiger partial charge in [0.25, 0.3) is 0 Å². The molecule has 0 spiro atoms. The van der Waals surface area contributed by atoms with Gasteiger partial charge in [0, 0.05) is 12.0 Å². The molecule has 2 aliphatic heterocycles. The van der Waals surface area contributed by atoms with E-state index in [1.165, 1.54) is 7.48 Å². The zero-order chi connectivity index (χ0) is 15.7. The third-order valence-corrected chi connectivity index (χ3v) is 3.91. The molecule has 2 heterocycles. The van der Waals surface area contributed by atoms with Crippen molar-refractivity contribution in [2.45, 2.75) is 44.7 Å². The number of hydrogen-bond acceptors (Lipinski definition) is 5. The lowest BCUT2D eigenvalue weighted by Gasteiger charge is -2.26. The molecule has 2 N–H and O–H groups in total. The second-order valence-electron chi connectivity index (χ2n) is 5.71. The van der Waals surface area contributed by atoms with E-state index in [0.29, 0.717) is 23.4 Å². The maximum absolute atomic E-state index is 10.9. The van der Waals surface area contributed by atoms with Crippen molar-refractivity contribution in [3.05, 3.63) is 23.3 Å². The average Bonchev–Trinajstić information content (AvgIpc) is 2.76. The van der Waals surface area contributed by atoms with Crippen LogP contribution in [0.1, 0.15) is 36.8 Å². The minimum atomic E-state index is -1.81. The van der Waals surface area contributed by atoms with Crippen LogP contribution in [0.15, 0.2) is 12.1 Å². The highest BCUT2D eigenvalue weighted by atomic mass is 16.7. The second kappa shape index (κ2) is 5.91. The third-order valence-electron chi connectivity index (χ3n) is 3.91. The first-order valence-corrected chi connectivity index (χ1v) is 7.36. The molecular formula is C15H18BO6. The van der Waals surface area contributed by atoms with Gasteiger partial charge < -0.3 is 24.3 Å². The molecule has 1 fully saturated rings. The minimum absolute atomic E-state index is 0.258. The standard InChI is InChI=1S/C15H18BO6/c1-9-6-10(21-13-4-2-3-5-20-13)7-11-14(9)15(19,22-16-11)8-12(17)18/h6-7,13,19H,2-5,8H2,1H3,(H,17,18). The fourth-order valence-corrected chi connectivity index (χ4v) is 2.99. The van der Waals surface area contributed by atoms with Crippen molar-refractivity contribution in [2.75, 3.05) is 6.61 Å². The van der Waals surface area contributed by atoms with Crippen molar-refractivity contribution < 1.29 is 29.1 Å². The van der Waals surface area contributed by atoms with Crippen LogP contribution in [0.2, 0.25) is 0 Å². The molecule has 6 nitrogen and oxygen atoms in total. The Kier molecular flexibility index (Phi) is 4.12. The molecule has 1 aromatic carbocycles. The summed E-state index contributed by atoms with van der Waals surface area (Å²) < 4.78 is 16.6. The van der Waals surface area contributed by atoms with E-state index < -0.39 is 18.2 Å². The predicted octanol–water partition coefficient (Wildman–Crippen LogP) is 0.795. The zero-order valence-corrected chi connectivity index (χ0v) is 12.4. The van der Waals surface area contributed by atoms with E-state index in [0.717, 1.165) is 24.8 Å². The van der Waals surface area contributed by atoms with Gasteiger partial charge in [-0.3, -0.25) is 4.79 Å². The van der Waals surface area contributed by atoms with Crippen LogP contribution < -0.4 is 10.2 Å². The van der Waals surface area contributed by atoms with E-state index in [1.807, 2.05) is 0 Å². The molecule has 0 saturated carbocycles. The first kappa shape index (κ1) is 15.3. The molecule has 0 aromatic heterocycles. The Bertz CT molecular complexity index is 584. The van der Waals surface area contributed by atoms with E-state index >= 15 is 0 Å². The maximum atomic E-state index is 10.9. The number of aryl methyl sites for hydroxylation is 1. The summed E-state index contributed by atoms with van der Waals surface area (Å²) in [6, 6.07) is 3.51. The van der Waals surface area contributed by atoms with Crippen LogP contribution in [0.3, 0.4) is 0 Å². The van der Waals surface area contributed by atoms with Crippen molar-refractivity contribution in [2.24, 2.45) is 0 Å². The predicted molar refractivity (Wildman–Crippen MR) is 78.0 cm³/mol. The first-order valence-electron chi connectivity index (χ1n) is 7.36. The molecule has 117 valence electrons. The number of aliphatic hydroxyl groups is 1. The molecule has 1 aromatic rings. The van der Waals surface area contributed by atoms with E-state index in [4.69, 9.17) is 19.2 Å². The van der Waals surface area contributed by atoms with Gasteiger partial charge in [-0.1, -0.05) is 0 Å².